The highest BCUT2D eigenvalue weighted by atomic mass is 19.1. The molecule has 190 valence electrons. The lowest BCUT2D eigenvalue weighted by Gasteiger charge is -2.28. The molecule has 3 N–H and O–H groups in total. The van der Waals surface area contributed by atoms with Gasteiger partial charge in [0.1, 0.15) is 5.82 Å². The zero-order chi connectivity index (χ0) is 25.2. The normalized spacial score (nSPS) is 16.4. The van der Waals surface area contributed by atoms with E-state index in [0.717, 1.165) is 55.5 Å². The molecule has 0 atom stereocenters. The maximum Gasteiger partial charge on any atom is 0.258 e. The molecular formula is C28H33FN4O3. The standard InChI is InChI=1S/C28H33FN4O3/c1-18-24(14-20(15-26(18)29)27(35)31-22-4-5-22)19-3-6-23-25(13-19)21(16-32-10-7-30-8-11-32)17-33(28(23)36)9-2-12-34/h3,6,13-15,17,22,30,34H,2,4-5,7-12,16H2,1H3,(H,31,35). The minimum atomic E-state index is -0.422. The molecule has 1 aromatic heterocycles. The van der Waals surface area contributed by atoms with E-state index in [-0.39, 0.29) is 24.1 Å². The van der Waals surface area contributed by atoms with Crippen LogP contribution < -0.4 is 16.2 Å². The van der Waals surface area contributed by atoms with Crippen molar-refractivity contribution in [1.82, 2.24) is 20.1 Å². The van der Waals surface area contributed by atoms with Crippen LogP contribution in [0, 0.1) is 12.7 Å². The Kier molecular flexibility index (Phi) is 7.18. The lowest BCUT2D eigenvalue weighted by atomic mass is 9.94. The minimum absolute atomic E-state index is 0.0199. The van der Waals surface area contributed by atoms with Gasteiger partial charge in [0, 0.05) is 69.1 Å². The minimum Gasteiger partial charge on any atom is -0.396 e. The van der Waals surface area contributed by atoms with Crippen LogP contribution in [-0.4, -0.2) is 59.3 Å². The zero-order valence-electron chi connectivity index (χ0n) is 20.6. The number of nitrogens with one attached hydrogen (secondary N) is 2. The van der Waals surface area contributed by atoms with Crippen LogP contribution in [-0.2, 0) is 13.1 Å². The predicted molar refractivity (Wildman–Crippen MR) is 139 cm³/mol. The SMILES string of the molecule is Cc1c(F)cc(C(=O)NC2CC2)cc1-c1ccc2c(=O)n(CCCO)cc(CN3CCNCC3)c2c1. The number of nitrogens with zero attached hydrogens (tertiary/aromatic N) is 2. The number of halogens is 1. The van der Waals surface area contributed by atoms with Crippen LogP contribution in [0.3, 0.4) is 0 Å². The molecule has 1 saturated carbocycles. The summed E-state index contributed by atoms with van der Waals surface area (Å²) in [7, 11) is 0. The molecule has 2 heterocycles. The van der Waals surface area contributed by atoms with Crippen molar-refractivity contribution in [3.05, 3.63) is 69.4 Å². The first-order chi connectivity index (χ1) is 17.4. The molecule has 1 aliphatic heterocycles. The Morgan fingerprint density at radius 3 is 2.67 bits per heavy atom. The Labute approximate surface area is 209 Å². The molecule has 0 spiro atoms. The summed E-state index contributed by atoms with van der Waals surface area (Å²) in [6.07, 6.45) is 4.33. The van der Waals surface area contributed by atoms with Gasteiger partial charge in [-0.05, 0) is 78.1 Å². The van der Waals surface area contributed by atoms with Gasteiger partial charge in [0.15, 0.2) is 0 Å². The molecule has 3 aromatic rings. The van der Waals surface area contributed by atoms with Crippen molar-refractivity contribution in [2.75, 3.05) is 32.8 Å². The number of pyridine rings is 1. The van der Waals surface area contributed by atoms with Crippen molar-refractivity contribution in [1.29, 1.82) is 0 Å². The number of aryl methyl sites for hydroxylation is 1. The lowest BCUT2D eigenvalue weighted by Crippen LogP contribution is -2.43. The summed E-state index contributed by atoms with van der Waals surface area (Å²) in [5, 5.41) is 17.0. The molecule has 8 heteroatoms. The average molecular weight is 493 g/mol. The van der Waals surface area contributed by atoms with Crippen LogP contribution in [0.2, 0.25) is 0 Å². The number of piperazine rings is 1. The van der Waals surface area contributed by atoms with Crippen LogP contribution >= 0.6 is 0 Å². The first kappa shape index (κ1) is 24.6. The van der Waals surface area contributed by atoms with Gasteiger partial charge in [-0.25, -0.2) is 4.39 Å². The van der Waals surface area contributed by atoms with E-state index in [0.29, 0.717) is 41.6 Å². The molecular weight excluding hydrogens is 459 g/mol. The fourth-order valence-electron chi connectivity index (χ4n) is 4.88. The summed E-state index contributed by atoms with van der Waals surface area (Å²) >= 11 is 0. The first-order valence-electron chi connectivity index (χ1n) is 12.8. The number of hydrogen-bond donors (Lipinski definition) is 3. The lowest BCUT2D eigenvalue weighted by molar-refractivity contribution is 0.0950. The summed E-state index contributed by atoms with van der Waals surface area (Å²) < 4.78 is 16.6. The summed E-state index contributed by atoms with van der Waals surface area (Å²) in [6, 6.07) is 8.82. The summed E-state index contributed by atoms with van der Waals surface area (Å²) in [4.78, 5) is 28.2. The fraction of sp³-hybridized carbons (Fsp3) is 0.429. The Hall–Kier alpha value is -3.07. The van der Waals surface area contributed by atoms with Crippen molar-refractivity contribution in [3.8, 4) is 11.1 Å². The maximum absolute atomic E-state index is 14.9. The molecule has 2 fully saturated rings. The Bertz CT molecular complexity index is 1340. The van der Waals surface area contributed by atoms with Gasteiger partial charge in [0.05, 0.1) is 0 Å². The predicted octanol–water partition coefficient (Wildman–Crippen LogP) is 2.80. The average Bonchev–Trinajstić information content (AvgIpc) is 3.71. The number of aromatic nitrogens is 1. The highest BCUT2D eigenvalue weighted by Gasteiger charge is 2.25. The number of aliphatic hydroxyl groups is 1. The third-order valence-corrected chi connectivity index (χ3v) is 7.16. The Morgan fingerprint density at radius 2 is 1.94 bits per heavy atom. The van der Waals surface area contributed by atoms with Gasteiger partial charge in [-0.2, -0.15) is 0 Å². The van der Waals surface area contributed by atoms with Gasteiger partial charge in [-0.1, -0.05) is 6.07 Å². The molecule has 7 nitrogen and oxygen atoms in total. The van der Waals surface area contributed by atoms with Crippen LogP contribution in [0.15, 0.2) is 41.3 Å². The second-order valence-corrected chi connectivity index (χ2v) is 9.89. The van der Waals surface area contributed by atoms with E-state index in [1.165, 1.54) is 6.07 Å². The van der Waals surface area contributed by atoms with Crippen LogP contribution in [0.25, 0.3) is 21.9 Å². The smallest absolute Gasteiger partial charge is 0.258 e. The van der Waals surface area contributed by atoms with Gasteiger partial charge in [-0.3, -0.25) is 14.5 Å². The monoisotopic (exact) mass is 492 g/mol. The molecule has 0 radical (unpaired) electrons. The van der Waals surface area contributed by atoms with E-state index in [1.54, 1.807) is 23.6 Å². The number of benzene rings is 2. The van der Waals surface area contributed by atoms with Crippen molar-refractivity contribution >= 4 is 16.7 Å². The molecule has 2 aliphatic rings. The third kappa shape index (κ3) is 5.21. The van der Waals surface area contributed by atoms with Crippen LogP contribution in [0.4, 0.5) is 4.39 Å². The van der Waals surface area contributed by atoms with Crippen molar-refractivity contribution in [2.45, 2.75) is 45.3 Å². The number of rotatable bonds is 8. The summed E-state index contributed by atoms with van der Waals surface area (Å²) in [5.41, 5.74) is 3.11. The largest absolute Gasteiger partial charge is 0.396 e. The van der Waals surface area contributed by atoms with Crippen molar-refractivity contribution < 1.29 is 14.3 Å². The highest BCUT2D eigenvalue weighted by molar-refractivity contribution is 5.97. The molecule has 1 amide bonds. The first-order valence-corrected chi connectivity index (χ1v) is 12.8. The van der Waals surface area contributed by atoms with E-state index in [9.17, 15) is 19.1 Å². The number of fused-ring (bicyclic) bond motifs is 1. The topological polar surface area (TPSA) is 86.6 Å². The quantitative estimate of drug-likeness (QED) is 0.450. The van der Waals surface area contributed by atoms with Gasteiger partial charge >= 0.3 is 0 Å². The van der Waals surface area contributed by atoms with Gasteiger partial charge in [-0.15, -0.1) is 0 Å². The third-order valence-electron chi connectivity index (χ3n) is 7.16. The molecule has 36 heavy (non-hydrogen) atoms. The van der Waals surface area contributed by atoms with Gasteiger partial charge < -0.3 is 20.3 Å². The Morgan fingerprint density at radius 1 is 1.17 bits per heavy atom. The number of aliphatic hydroxyl groups excluding tert-OH is 1. The number of carbonyl (C=O) groups excluding carboxylic acids is 1. The van der Waals surface area contributed by atoms with Gasteiger partial charge in [0.2, 0.25) is 0 Å². The molecule has 5 rings (SSSR count). The molecule has 1 saturated heterocycles. The number of hydrogen-bond acceptors (Lipinski definition) is 5. The number of amides is 1. The summed E-state index contributed by atoms with van der Waals surface area (Å²) in [5.74, 6) is -0.682. The van der Waals surface area contributed by atoms with E-state index in [1.807, 2.05) is 18.3 Å². The Balaban J connectivity index is 1.59. The molecule has 0 bridgehead atoms. The van der Waals surface area contributed by atoms with Crippen LogP contribution in [0.5, 0.6) is 0 Å². The second kappa shape index (κ2) is 10.5. The molecule has 0 unspecified atom stereocenters. The van der Waals surface area contributed by atoms with Crippen molar-refractivity contribution in [3.63, 3.8) is 0 Å². The number of carbonyl (C=O) groups is 1. The second-order valence-electron chi connectivity index (χ2n) is 9.89. The summed E-state index contributed by atoms with van der Waals surface area (Å²) in [6.45, 7) is 6.54. The van der Waals surface area contributed by atoms with Crippen molar-refractivity contribution in [2.24, 2.45) is 0 Å². The van der Waals surface area contributed by atoms with E-state index in [2.05, 4.69) is 15.5 Å². The highest BCUT2D eigenvalue weighted by Crippen LogP contribution is 2.31. The van der Waals surface area contributed by atoms with Gasteiger partial charge in [0.25, 0.3) is 11.5 Å². The van der Waals surface area contributed by atoms with Crippen LogP contribution in [0.1, 0.15) is 40.7 Å². The fourth-order valence-corrected chi connectivity index (χ4v) is 4.88. The molecule has 2 aromatic carbocycles. The maximum atomic E-state index is 14.9. The zero-order valence-corrected chi connectivity index (χ0v) is 20.6. The van der Waals surface area contributed by atoms with E-state index < -0.39 is 5.82 Å². The van der Waals surface area contributed by atoms with E-state index in [4.69, 9.17) is 0 Å². The van der Waals surface area contributed by atoms with E-state index >= 15 is 0 Å². The molecule has 1 aliphatic carbocycles.